The van der Waals surface area contributed by atoms with Crippen LogP contribution in [0.5, 0.6) is 5.75 Å². The van der Waals surface area contributed by atoms with Crippen LogP contribution in [0, 0.1) is 29.6 Å². The van der Waals surface area contributed by atoms with Crippen LogP contribution < -0.4 is 20.7 Å². The molecule has 21 nitrogen and oxygen atoms in total. The molecule has 5 amide bonds. The van der Waals surface area contributed by atoms with Crippen molar-refractivity contribution < 1.29 is 67.3 Å². The fourth-order valence-electron chi connectivity index (χ4n) is 10.4. The highest BCUT2D eigenvalue weighted by Crippen LogP contribution is 2.27. The maximum atomic E-state index is 14.8. The Labute approximate surface area is 468 Å². The van der Waals surface area contributed by atoms with E-state index in [1.165, 1.54) is 54.7 Å². The molecule has 12 atom stereocenters. The van der Waals surface area contributed by atoms with Gasteiger partial charge in [-0.1, -0.05) is 73.9 Å². The van der Waals surface area contributed by atoms with E-state index in [2.05, 4.69) is 29.8 Å². The number of rotatable bonds is 32. The summed E-state index contributed by atoms with van der Waals surface area (Å²) >= 11 is 0. The van der Waals surface area contributed by atoms with Gasteiger partial charge >= 0.3 is 11.9 Å². The van der Waals surface area contributed by atoms with Crippen molar-refractivity contribution in [1.29, 1.82) is 0 Å². The van der Waals surface area contributed by atoms with Gasteiger partial charge in [-0.3, -0.25) is 43.3 Å². The van der Waals surface area contributed by atoms with Crippen molar-refractivity contribution >= 4 is 59.3 Å². The Morgan fingerprint density at radius 3 is 1.96 bits per heavy atom. The second kappa shape index (κ2) is 31.8. The number of esters is 2. The first-order valence-electron chi connectivity index (χ1n) is 28.2. The van der Waals surface area contributed by atoms with E-state index < -0.39 is 120 Å². The van der Waals surface area contributed by atoms with Gasteiger partial charge in [0.05, 0.1) is 25.1 Å². The summed E-state index contributed by atoms with van der Waals surface area (Å²) < 4.78 is 17.0. The third-order valence-corrected chi connectivity index (χ3v) is 15.5. The zero-order valence-electron chi connectivity index (χ0n) is 49.6. The number of Topliss-reactive ketones (excluding diaryl/α,β-unsaturated/α-hetero) is 2. The Kier molecular flexibility index (Phi) is 27.2. The van der Waals surface area contributed by atoms with E-state index in [9.17, 15) is 53.1 Å². The average molecular weight is 1110 g/mol. The third kappa shape index (κ3) is 18.9. The van der Waals surface area contributed by atoms with Gasteiger partial charge in [-0.25, -0.2) is 4.79 Å². The van der Waals surface area contributed by atoms with Gasteiger partial charge in [0.15, 0.2) is 11.9 Å². The summed E-state index contributed by atoms with van der Waals surface area (Å²) in [5, 5.41) is 20.2. The van der Waals surface area contributed by atoms with Gasteiger partial charge in [0, 0.05) is 45.9 Å². The molecule has 0 radical (unpaired) electrons. The quantitative estimate of drug-likeness (QED) is 0.0264. The fourth-order valence-corrected chi connectivity index (χ4v) is 10.4. The zero-order chi connectivity index (χ0) is 59.6. The van der Waals surface area contributed by atoms with Crippen LogP contribution in [0.15, 0.2) is 24.3 Å². The zero-order valence-corrected chi connectivity index (χ0v) is 49.6. The van der Waals surface area contributed by atoms with Crippen LogP contribution in [0.3, 0.4) is 0 Å². The number of hydrogen-bond acceptors (Lipinski definition) is 16. The van der Waals surface area contributed by atoms with Crippen molar-refractivity contribution in [2.24, 2.45) is 29.6 Å². The maximum Gasteiger partial charge on any atom is 0.329 e. The number of hydrogen-bond donors (Lipinski definition) is 4. The summed E-state index contributed by atoms with van der Waals surface area (Å²) in [6.07, 6.45) is 0.00885. The Hall–Kier alpha value is -5.80. The molecule has 1 unspecified atom stereocenters. The van der Waals surface area contributed by atoms with Gasteiger partial charge in [0.25, 0.3) is 5.91 Å². The number of aliphatic hydroxyl groups is 1. The van der Waals surface area contributed by atoms with Gasteiger partial charge in [-0.2, -0.15) is 0 Å². The van der Waals surface area contributed by atoms with Crippen molar-refractivity contribution in [2.75, 3.05) is 41.3 Å². The molecule has 3 rings (SSSR count). The number of likely N-dealkylation sites (tertiary alicyclic amines) is 2. The molecule has 2 aliphatic heterocycles. The van der Waals surface area contributed by atoms with Crippen LogP contribution in [0.1, 0.15) is 140 Å². The molecule has 4 N–H and O–H groups in total. The standard InChI is InChI=1S/C58H93N7O14/c1-16-36(8)42(59-12)25-26-49(68)79-51(35(6)7)50(69)37(9)52(70)60-43(29-33(2)3)55(73)65-28-18-20-46(65)57(75)63(14)48(31-40-21-23-41(77-15)24-22-40)58(76)78-39(11)44(32-66)61-53(71)47(30-34(4)5)62(13)56(74)45-19-17-27-64(45)54(72)38(10)67/h21-24,32-37,39,42-48,51,56,59,74H,16-20,25-31H2,1-15H3,(H,60,70)(H,61,71)/t36-,37-,39+,42-,43-,44+,45?,46-,47+,48-,51-,56-/m0/s1. The molecule has 79 heavy (non-hydrogen) atoms. The van der Waals surface area contributed by atoms with E-state index in [1.54, 1.807) is 38.1 Å². The highest BCUT2D eigenvalue weighted by molar-refractivity contribution is 6.35. The summed E-state index contributed by atoms with van der Waals surface area (Å²) in [5.41, 5.74) is 0.612. The first-order chi connectivity index (χ1) is 37.1. The second-order valence-electron chi connectivity index (χ2n) is 22.8. The van der Waals surface area contributed by atoms with E-state index in [4.69, 9.17) is 14.2 Å². The topological polar surface area (TPSA) is 268 Å². The average Bonchev–Trinajstić information content (AvgIpc) is 4.14. The van der Waals surface area contributed by atoms with Crippen LogP contribution in [-0.2, 0) is 63.8 Å². The molecule has 2 heterocycles. The SMILES string of the molecule is CC[C@H](C)[C@H](CCC(=O)O[C@H](C(=O)[C@H](C)C(=O)N[C@@H](CC(C)C)C(=O)N1CCC[C@H]1C(=O)N(C)[C@@H](Cc1ccc(OC)cc1)C(=O)O[C@H](C)[C@@H](C=O)NC(=O)[C@@H](CC(C)C)N(C)[C@@H](O)C1CCCN1C(=O)C(C)=O)C(C)C)NC. The van der Waals surface area contributed by atoms with E-state index in [0.29, 0.717) is 49.2 Å². The summed E-state index contributed by atoms with van der Waals surface area (Å²) in [7, 11) is 6.27. The number of ether oxygens (including phenoxy) is 3. The van der Waals surface area contributed by atoms with Crippen LogP contribution >= 0.6 is 0 Å². The molecule has 2 aliphatic rings. The molecular formula is C58H93N7O14. The molecule has 0 aromatic heterocycles. The number of aldehydes is 1. The fraction of sp³-hybridized carbons (Fsp3) is 0.724. The van der Waals surface area contributed by atoms with Crippen molar-refractivity contribution in [2.45, 2.75) is 201 Å². The van der Waals surface area contributed by atoms with Crippen molar-refractivity contribution in [1.82, 2.24) is 35.6 Å². The lowest BCUT2D eigenvalue weighted by Crippen LogP contribution is -2.59. The molecule has 1 aromatic carbocycles. The molecule has 0 bridgehead atoms. The normalized spacial score (nSPS) is 19.3. The number of likely N-dealkylation sites (N-methyl/N-ethyl adjacent to an activating group) is 2. The highest BCUT2D eigenvalue weighted by atomic mass is 16.6. The van der Waals surface area contributed by atoms with E-state index in [1.807, 2.05) is 34.7 Å². The van der Waals surface area contributed by atoms with E-state index in [-0.39, 0.29) is 63.1 Å². The van der Waals surface area contributed by atoms with E-state index in [0.717, 1.165) is 13.3 Å². The lowest BCUT2D eigenvalue weighted by Gasteiger charge is -2.38. The molecule has 444 valence electrons. The highest BCUT2D eigenvalue weighted by Gasteiger charge is 2.45. The number of benzene rings is 1. The number of carbonyl (C=O) groups is 10. The molecule has 0 saturated carbocycles. The minimum atomic E-state index is -1.39. The summed E-state index contributed by atoms with van der Waals surface area (Å²) in [5.74, 6) is -7.12. The Balaban J connectivity index is 1.86. The van der Waals surface area contributed by atoms with Gasteiger partial charge in [0.2, 0.25) is 29.4 Å². The molecule has 0 spiro atoms. The van der Waals surface area contributed by atoms with Crippen LogP contribution in [0.25, 0.3) is 0 Å². The predicted octanol–water partition coefficient (Wildman–Crippen LogP) is 3.63. The monoisotopic (exact) mass is 1110 g/mol. The predicted molar refractivity (Wildman–Crippen MR) is 296 cm³/mol. The molecule has 2 fully saturated rings. The largest absolute Gasteiger partial charge is 0.497 e. The molecule has 2 saturated heterocycles. The summed E-state index contributed by atoms with van der Waals surface area (Å²) in [6, 6.07) is 0.174. The third-order valence-electron chi connectivity index (χ3n) is 15.5. The first kappa shape index (κ1) is 67.5. The van der Waals surface area contributed by atoms with Crippen molar-refractivity contribution in [3.63, 3.8) is 0 Å². The second-order valence-corrected chi connectivity index (χ2v) is 22.8. The maximum absolute atomic E-state index is 14.8. The van der Waals surface area contributed by atoms with E-state index >= 15 is 0 Å². The number of carbonyl (C=O) groups excluding carboxylic acids is 10. The minimum absolute atomic E-state index is 0.0702. The van der Waals surface area contributed by atoms with Crippen molar-refractivity contribution in [3.8, 4) is 5.75 Å². The minimum Gasteiger partial charge on any atom is -0.497 e. The molecule has 21 heteroatoms. The lowest BCUT2D eigenvalue weighted by molar-refractivity contribution is -0.162. The number of aliphatic hydroxyl groups excluding tert-OH is 1. The Bertz CT molecular complexity index is 2240. The number of ketones is 2. The van der Waals surface area contributed by atoms with Gasteiger partial charge in [-0.15, -0.1) is 0 Å². The van der Waals surface area contributed by atoms with Crippen LogP contribution in [-0.4, -0.2) is 186 Å². The molecular weight excluding hydrogens is 1020 g/mol. The Morgan fingerprint density at radius 2 is 1.42 bits per heavy atom. The molecule has 1 aromatic rings. The first-order valence-corrected chi connectivity index (χ1v) is 28.2. The van der Waals surface area contributed by atoms with Gasteiger partial charge in [0.1, 0.15) is 48.5 Å². The van der Waals surface area contributed by atoms with Crippen LogP contribution in [0.2, 0.25) is 0 Å². The van der Waals surface area contributed by atoms with Gasteiger partial charge in [-0.05, 0) is 114 Å². The van der Waals surface area contributed by atoms with Gasteiger partial charge < -0.3 is 54.8 Å². The van der Waals surface area contributed by atoms with Crippen molar-refractivity contribution in [3.05, 3.63) is 29.8 Å². The smallest absolute Gasteiger partial charge is 0.329 e. The molecule has 0 aliphatic carbocycles. The number of amides is 5. The number of nitrogens with zero attached hydrogens (tertiary/aromatic N) is 4. The lowest BCUT2D eigenvalue weighted by atomic mass is 9.92. The summed E-state index contributed by atoms with van der Waals surface area (Å²) in [6.45, 7) is 19.5. The van der Waals surface area contributed by atoms with Crippen LogP contribution in [0.4, 0.5) is 0 Å². The Morgan fingerprint density at radius 1 is 0.810 bits per heavy atom. The summed E-state index contributed by atoms with van der Waals surface area (Å²) in [4.78, 5) is 142. The number of nitrogens with one attached hydrogen (secondary N) is 3. The number of methoxy groups -OCH3 is 1.